The molecule has 0 bridgehead atoms. The van der Waals surface area contributed by atoms with Gasteiger partial charge in [0, 0.05) is 43.0 Å². The van der Waals surface area contributed by atoms with Gasteiger partial charge in [0.2, 0.25) is 0 Å². The number of halogens is 1. The highest BCUT2D eigenvalue weighted by molar-refractivity contribution is 9.10. The van der Waals surface area contributed by atoms with Gasteiger partial charge in [-0.1, -0.05) is 28.1 Å². The smallest absolute Gasteiger partial charge is 0.150 e. The van der Waals surface area contributed by atoms with E-state index in [1.165, 1.54) is 4.88 Å². The van der Waals surface area contributed by atoms with E-state index in [0.717, 1.165) is 55.0 Å². The highest BCUT2D eigenvalue weighted by atomic mass is 79.9. The van der Waals surface area contributed by atoms with Crippen molar-refractivity contribution in [3.8, 4) is 20.9 Å². The summed E-state index contributed by atoms with van der Waals surface area (Å²) in [5.41, 5.74) is 4.92. The van der Waals surface area contributed by atoms with E-state index in [0.29, 0.717) is 0 Å². The lowest BCUT2D eigenvalue weighted by atomic mass is 10.0. The molecule has 162 valence electrons. The molecule has 2 aromatic carbocycles. The highest BCUT2D eigenvalue weighted by Gasteiger charge is 2.10. The van der Waals surface area contributed by atoms with Gasteiger partial charge in [0.05, 0.1) is 11.9 Å². The number of carbonyl (C=O) groups is 1. The number of benzene rings is 2. The second-order valence-corrected chi connectivity index (χ2v) is 10.4. The lowest BCUT2D eigenvalue weighted by Gasteiger charge is -2.12. The number of aromatic nitrogens is 1. The zero-order valence-corrected chi connectivity index (χ0v) is 20.9. The maximum absolute atomic E-state index is 11.4. The average molecular weight is 525 g/mol. The van der Waals surface area contributed by atoms with Gasteiger partial charge < -0.3 is 9.62 Å². The van der Waals surface area contributed by atoms with Crippen LogP contribution in [0.2, 0.25) is 0 Å². The van der Waals surface area contributed by atoms with E-state index in [1.807, 2.05) is 50.8 Å². The minimum atomic E-state index is 0.730. The van der Waals surface area contributed by atoms with Gasteiger partial charge in [0.15, 0.2) is 0 Å². The molecule has 0 aliphatic carbocycles. The zero-order chi connectivity index (χ0) is 22.5. The molecule has 2 heterocycles. The largest absolute Gasteiger partial charge is 0.324 e. The van der Waals surface area contributed by atoms with E-state index in [1.54, 1.807) is 23.3 Å². The lowest BCUT2D eigenvalue weighted by molar-refractivity contribution is 0.112. The molecule has 4 nitrogen and oxygen atoms in total. The predicted molar refractivity (Wildman–Crippen MR) is 139 cm³/mol. The molecule has 0 saturated heterocycles. The first-order valence-corrected chi connectivity index (χ1v) is 12.4. The topological polar surface area (TPSA) is 45.2 Å². The fourth-order valence-corrected chi connectivity index (χ4v) is 5.12. The predicted octanol–water partition coefficient (Wildman–Crippen LogP) is 7.23. The van der Waals surface area contributed by atoms with Crippen LogP contribution in [0.25, 0.3) is 20.9 Å². The van der Waals surface area contributed by atoms with Crippen LogP contribution in [0, 0.1) is 0 Å². The average Bonchev–Trinajstić information content (AvgIpc) is 3.29. The maximum Gasteiger partial charge on any atom is 0.150 e. The van der Waals surface area contributed by atoms with Crippen molar-refractivity contribution in [1.29, 1.82) is 0 Å². The maximum atomic E-state index is 11.4. The summed E-state index contributed by atoms with van der Waals surface area (Å²) in [6.45, 7) is 0.730. The van der Waals surface area contributed by atoms with Gasteiger partial charge in [-0.25, -0.2) is 0 Å². The molecule has 32 heavy (non-hydrogen) atoms. The van der Waals surface area contributed by atoms with Crippen LogP contribution in [-0.2, 0) is 6.54 Å². The Morgan fingerprint density at radius 2 is 1.75 bits per heavy atom. The molecule has 0 saturated carbocycles. The van der Waals surface area contributed by atoms with Crippen molar-refractivity contribution in [2.75, 3.05) is 18.8 Å². The fourth-order valence-electron chi connectivity index (χ4n) is 3.25. The monoisotopic (exact) mass is 523 g/mol. The van der Waals surface area contributed by atoms with Gasteiger partial charge in [-0.05, 0) is 85.7 Å². The minimum Gasteiger partial charge on any atom is -0.324 e. The van der Waals surface area contributed by atoms with Crippen LogP contribution in [-0.4, -0.2) is 30.3 Å². The Bertz CT molecular complexity index is 1220. The Kier molecular flexibility index (Phi) is 7.42. The minimum absolute atomic E-state index is 0.730. The number of anilines is 1. The summed E-state index contributed by atoms with van der Waals surface area (Å²) in [4.78, 5) is 21.3. The molecule has 0 unspecified atom stereocenters. The molecule has 0 amide bonds. The molecule has 0 atom stereocenters. The third-order valence-corrected chi connectivity index (χ3v) is 7.33. The molecule has 7 heteroatoms. The zero-order valence-electron chi connectivity index (χ0n) is 17.7. The Morgan fingerprint density at radius 3 is 2.47 bits per heavy atom. The van der Waals surface area contributed by atoms with Crippen LogP contribution in [0.15, 0.2) is 82.4 Å². The third-order valence-electron chi connectivity index (χ3n) is 4.77. The summed E-state index contributed by atoms with van der Waals surface area (Å²) < 4.78 is 4.44. The number of hydrogen-bond donors (Lipinski definition) is 1. The van der Waals surface area contributed by atoms with Gasteiger partial charge in [-0.2, -0.15) is 0 Å². The Balaban J connectivity index is 1.53. The molecule has 2 aromatic heterocycles. The molecular formula is C25H22BrN3OS2. The SMILES string of the molecule is CN(C)Cc1cc(-c2ccc(-c3cncc(NSc4ccc(Br)cc4)c3)s2)ccc1C=O. The molecular weight excluding hydrogens is 502 g/mol. The lowest BCUT2D eigenvalue weighted by Crippen LogP contribution is -2.12. The number of rotatable bonds is 8. The summed E-state index contributed by atoms with van der Waals surface area (Å²) in [6, 6.07) is 20.6. The van der Waals surface area contributed by atoms with Crippen LogP contribution in [0.4, 0.5) is 5.69 Å². The highest BCUT2D eigenvalue weighted by Crippen LogP contribution is 2.36. The number of aldehydes is 1. The molecule has 0 radical (unpaired) electrons. The van der Waals surface area contributed by atoms with Crippen molar-refractivity contribution in [1.82, 2.24) is 9.88 Å². The molecule has 4 rings (SSSR count). The van der Waals surface area contributed by atoms with Gasteiger partial charge >= 0.3 is 0 Å². The van der Waals surface area contributed by atoms with Crippen LogP contribution < -0.4 is 4.72 Å². The second-order valence-electron chi connectivity index (χ2n) is 7.55. The van der Waals surface area contributed by atoms with Crippen molar-refractivity contribution in [2.24, 2.45) is 0 Å². The van der Waals surface area contributed by atoms with Crippen molar-refractivity contribution in [3.05, 3.63) is 88.7 Å². The summed E-state index contributed by atoms with van der Waals surface area (Å²) in [5.74, 6) is 0. The number of thiophene rings is 1. The van der Waals surface area contributed by atoms with Crippen molar-refractivity contribution in [2.45, 2.75) is 11.4 Å². The molecule has 0 aliphatic rings. The second kappa shape index (κ2) is 10.4. The van der Waals surface area contributed by atoms with Crippen molar-refractivity contribution >= 4 is 51.2 Å². The number of hydrogen-bond acceptors (Lipinski definition) is 6. The molecule has 0 fully saturated rings. The van der Waals surface area contributed by atoms with Crippen LogP contribution >= 0.6 is 39.2 Å². The van der Waals surface area contributed by atoms with Gasteiger partial charge in [0.1, 0.15) is 6.29 Å². The van der Waals surface area contributed by atoms with Gasteiger partial charge in [0.25, 0.3) is 0 Å². The Hall–Kier alpha value is -2.45. The first-order chi connectivity index (χ1) is 15.5. The van der Waals surface area contributed by atoms with Gasteiger partial charge in [-0.3, -0.25) is 9.78 Å². The molecule has 0 aliphatic heterocycles. The van der Waals surface area contributed by atoms with E-state index in [4.69, 9.17) is 0 Å². The normalized spacial score (nSPS) is 11.0. The quantitative estimate of drug-likeness (QED) is 0.195. The number of pyridine rings is 1. The van der Waals surface area contributed by atoms with E-state index in [2.05, 4.69) is 66.9 Å². The van der Waals surface area contributed by atoms with E-state index in [-0.39, 0.29) is 0 Å². The van der Waals surface area contributed by atoms with Crippen molar-refractivity contribution in [3.63, 3.8) is 0 Å². The Morgan fingerprint density at radius 1 is 1.00 bits per heavy atom. The van der Waals surface area contributed by atoms with E-state index < -0.39 is 0 Å². The third kappa shape index (κ3) is 5.66. The van der Waals surface area contributed by atoms with Crippen LogP contribution in [0.1, 0.15) is 15.9 Å². The van der Waals surface area contributed by atoms with Gasteiger partial charge in [-0.15, -0.1) is 11.3 Å². The summed E-state index contributed by atoms with van der Waals surface area (Å²) in [7, 11) is 4.01. The standard InChI is InChI=1S/C25H22BrN3OS2/c1-29(2)15-20-11-17(3-4-18(20)16-30)24-9-10-25(31-24)19-12-22(14-27-13-19)28-32-23-7-5-21(26)6-8-23/h3-14,16,28H,15H2,1-2H3. The van der Waals surface area contributed by atoms with Crippen LogP contribution in [0.3, 0.4) is 0 Å². The molecule has 4 aromatic rings. The number of carbonyl (C=O) groups excluding carboxylic acids is 1. The molecule has 1 N–H and O–H groups in total. The first kappa shape index (κ1) is 22.7. The van der Waals surface area contributed by atoms with Crippen LogP contribution in [0.5, 0.6) is 0 Å². The first-order valence-electron chi connectivity index (χ1n) is 9.99. The summed E-state index contributed by atoms with van der Waals surface area (Å²) in [6.07, 6.45) is 4.65. The molecule has 0 spiro atoms. The number of nitrogens with zero attached hydrogens (tertiary/aromatic N) is 2. The fraction of sp³-hybridized carbons (Fsp3) is 0.120. The number of nitrogens with one attached hydrogen (secondary N) is 1. The van der Waals surface area contributed by atoms with E-state index in [9.17, 15) is 4.79 Å². The van der Waals surface area contributed by atoms with Crippen molar-refractivity contribution < 1.29 is 4.79 Å². The Labute approximate surface area is 205 Å². The summed E-state index contributed by atoms with van der Waals surface area (Å²) in [5, 5.41) is 0. The summed E-state index contributed by atoms with van der Waals surface area (Å²) >= 11 is 6.74. The van der Waals surface area contributed by atoms with E-state index >= 15 is 0 Å².